The molecule has 0 aliphatic carbocycles. The van der Waals surface area contributed by atoms with Gasteiger partial charge in [-0.2, -0.15) is 4.31 Å². The van der Waals surface area contributed by atoms with Gasteiger partial charge in [0.15, 0.2) is 0 Å². The summed E-state index contributed by atoms with van der Waals surface area (Å²) in [4.78, 5) is 2.15. The summed E-state index contributed by atoms with van der Waals surface area (Å²) in [5.74, 6) is 0.971. The van der Waals surface area contributed by atoms with Gasteiger partial charge in [0.25, 0.3) is 0 Å². The smallest absolute Gasteiger partial charge is 0.218 e. The van der Waals surface area contributed by atoms with E-state index in [-0.39, 0.29) is 11.5 Å². The van der Waals surface area contributed by atoms with Crippen LogP contribution in [0.25, 0.3) is 0 Å². The summed E-state index contributed by atoms with van der Waals surface area (Å²) in [5.41, 5.74) is 2.35. The highest BCUT2D eigenvalue weighted by Gasteiger charge is 2.27. The number of phenolic OH excluding ortho intramolecular Hbond substituents is 1. The molecule has 2 aromatic rings. The molecule has 3 rings (SSSR count). The predicted molar refractivity (Wildman–Crippen MR) is 114 cm³/mol. The fraction of sp³-hybridized carbons (Fsp3) is 0.364. The number of sulfonamides is 1. The van der Waals surface area contributed by atoms with Gasteiger partial charge < -0.3 is 9.84 Å². The van der Waals surface area contributed by atoms with Crippen LogP contribution in [0.2, 0.25) is 0 Å². The summed E-state index contributed by atoms with van der Waals surface area (Å²) < 4.78 is 32.3. The molecule has 7 heteroatoms. The minimum atomic E-state index is -3.34. The number of phenols is 1. The molecule has 29 heavy (non-hydrogen) atoms. The largest absolute Gasteiger partial charge is 0.507 e. The maximum atomic E-state index is 12.7. The fourth-order valence-electron chi connectivity index (χ4n) is 3.56. The Morgan fingerprint density at radius 3 is 2.38 bits per heavy atom. The Morgan fingerprint density at radius 2 is 1.76 bits per heavy atom. The highest BCUT2D eigenvalue weighted by Crippen LogP contribution is 2.30. The molecule has 1 fully saturated rings. The van der Waals surface area contributed by atoms with Gasteiger partial charge in [-0.05, 0) is 24.1 Å². The van der Waals surface area contributed by atoms with Gasteiger partial charge in [-0.3, -0.25) is 4.90 Å². The van der Waals surface area contributed by atoms with Crippen LogP contribution in [0.15, 0.2) is 55.1 Å². The second kappa shape index (κ2) is 9.43. The van der Waals surface area contributed by atoms with E-state index in [1.165, 1.54) is 0 Å². The van der Waals surface area contributed by atoms with Crippen LogP contribution in [0.3, 0.4) is 0 Å². The van der Waals surface area contributed by atoms with E-state index in [0.717, 1.165) is 16.7 Å². The van der Waals surface area contributed by atoms with Crippen molar-refractivity contribution in [2.45, 2.75) is 18.7 Å². The van der Waals surface area contributed by atoms with Crippen molar-refractivity contribution < 1.29 is 18.3 Å². The van der Waals surface area contributed by atoms with Crippen LogP contribution in [0.4, 0.5) is 0 Å². The Kier molecular flexibility index (Phi) is 6.95. The molecule has 0 aromatic heterocycles. The van der Waals surface area contributed by atoms with Gasteiger partial charge in [-0.25, -0.2) is 8.42 Å². The molecule has 1 aliphatic heterocycles. The van der Waals surface area contributed by atoms with Crippen LogP contribution < -0.4 is 4.74 Å². The number of benzene rings is 2. The normalized spacial score (nSPS) is 15.9. The number of nitrogens with zero attached hydrogens (tertiary/aromatic N) is 2. The minimum Gasteiger partial charge on any atom is -0.507 e. The lowest BCUT2D eigenvalue weighted by molar-refractivity contribution is 0.180. The quantitative estimate of drug-likeness (QED) is 0.670. The van der Waals surface area contributed by atoms with Gasteiger partial charge in [0.05, 0.1) is 12.9 Å². The van der Waals surface area contributed by atoms with Gasteiger partial charge in [-0.15, -0.1) is 6.58 Å². The van der Waals surface area contributed by atoms with Gasteiger partial charge in [0, 0.05) is 43.9 Å². The maximum Gasteiger partial charge on any atom is 0.218 e. The van der Waals surface area contributed by atoms with Gasteiger partial charge >= 0.3 is 0 Å². The molecule has 6 nitrogen and oxygen atoms in total. The second-order valence-electron chi connectivity index (χ2n) is 7.20. The Morgan fingerprint density at radius 1 is 1.10 bits per heavy atom. The van der Waals surface area contributed by atoms with Gasteiger partial charge in [-0.1, -0.05) is 36.4 Å². The van der Waals surface area contributed by atoms with E-state index < -0.39 is 10.0 Å². The summed E-state index contributed by atoms with van der Waals surface area (Å²) in [7, 11) is -1.74. The van der Waals surface area contributed by atoms with Crippen molar-refractivity contribution in [3.8, 4) is 11.5 Å². The number of ether oxygens (including phenoxy) is 1. The van der Waals surface area contributed by atoms with Crippen LogP contribution in [0.1, 0.15) is 16.7 Å². The topological polar surface area (TPSA) is 70.1 Å². The molecule has 0 bridgehead atoms. The first kappa shape index (κ1) is 21.4. The van der Waals surface area contributed by atoms with Crippen LogP contribution >= 0.6 is 0 Å². The monoisotopic (exact) mass is 416 g/mol. The van der Waals surface area contributed by atoms with Crippen LogP contribution in [-0.4, -0.2) is 56.0 Å². The summed E-state index contributed by atoms with van der Waals surface area (Å²) >= 11 is 0. The SMILES string of the molecule is C=CCc1cc(OC)cc(CN2CCN(S(=O)(=O)Cc3ccccc3)CC2)c1O. The van der Waals surface area contributed by atoms with Crippen LogP contribution in [0.5, 0.6) is 11.5 Å². The Hall–Kier alpha value is -2.35. The Bertz CT molecular complexity index is 937. The van der Waals surface area contributed by atoms with Crippen molar-refractivity contribution >= 4 is 10.0 Å². The number of allylic oxidation sites excluding steroid dienone is 1. The average molecular weight is 417 g/mol. The number of aromatic hydroxyl groups is 1. The third-order valence-electron chi connectivity index (χ3n) is 5.15. The molecule has 0 spiro atoms. The number of hydrogen-bond donors (Lipinski definition) is 1. The summed E-state index contributed by atoms with van der Waals surface area (Å²) in [6, 6.07) is 12.9. The highest BCUT2D eigenvalue weighted by atomic mass is 32.2. The standard InChI is InChI=1S/C22H28N2O4S/c1-3-7-19-14-21(28-2)15-20(22(19)25)16-23-10-12-24(13-11-23)29(26,27)17-18-8-5-4-6-9-18/h3-6,8-9,14-15,25H,1,7,10-13,16-17H2,2H3. The van der Waals surface area contributed by atoms with Crippen molar-refractivity contribution in [1.82, 2.24) is 9.21 Å². The van der Waals surface area contributed by atoms with Crippen LogP contribution in [-0.2, 0) is 28.7 Å². The fourth-order valence-corrected chi connectivity index (χ4v) is 5.08. The molecule has 1 aliphatic rings. The molecule has 1 heterocycles. The molecule has 156 valence electrons. The van der Waals surface area contributed by atoms with Crippen molar-refractivity contribution in [2.24, 2.45) is 0 Å². The van der Waals surface area contributed by atoms with E-state index in [4.69, 9.17) is 4.74 Å². The number of piperazine rings is 1. The minimum absolute atomic E-state index is 0.0232. The van der Waals surface area contributed by atoms with Crippen molar-refractivity contribution in [1.29, 1.82) is 0 Å². The molecule has 0 amide bonds. The van der Waals surface area contributed by atoms with E-state index in [2.05, 4.69) is 11.5 Å². The summed E-state index contributed by atoms with van der Waals surface area (Å²) in [6.07, 6.45) is 2.30. The molecular weight excluding hydrogens is 388 g/mol. The number of methoxy groups -OCH3 is 1. The number of hydrogen-bond acceptors (Lipinski definition) is 5. The summed E-state index contributed by atoms with van der Waals surface area (Å²) in [6.45, 7) is 6.39. The molecule has 1 N–H and O–H groups in total. The van der Waals surface area contributed by atoms with Crippen molar-refractivity contribution in [3.05, 3.63) is 71.8 Å². The lowest BCUT2D eigenvalue weighted by atomic mass is 10.0. The van der Waals surface area contributed by atoms with E-state index in [1.54, 1.807) is 17.5 Å². The molecule has 2 aromatic carbocycles. The van der Waals surface area contributed by atoms with Gasteiger partial charge in [0.1, 0.15) is 11.5 Å². The molecule has 0 unspecified atom stereocenters. The highest BCUT2D eigenvalue weighted by molar-refractivity contribution is 7.88. The average Bonchev–Trinajstić information content (AvgIpc) is 2.72. The van der Waals surface area contributed by atoms with Gasteiger partial charge in [0.2, 0.25) is 10.0 Å². The first-order chi connectivity index (χ1) is 13.9. The lowest BCUT2D eigenvalue weighted by Gasteiger charge is -2.34. The van der Waals surface area contributed by atoms with E-state index in [0.29, 0.717) is 44.9 Å². The lowest BCUT2D eigenvalue weighted by Crippen LogP contribution is -2.48. The van der Waals surface area contributed by atoms with Crippen molar-refractivity contribution in [3.63, 3.8) is 0 Å². The summed E-state index contributed by atoms with van der Waals surface area (Å²) in [5, 5.41) is 10.6. The molecular formula is C22H28N2O4S. The second-order valence-corrected chi connectivity index (χ2v) is 9.17. The third-order valence-corrected chi connectivity index (χ3v) is 7.00. The first-order valence-electron chi connectivity index (χ1n) is 9.66. The molecule has 0 radical (unpaired) electrons. The third kappa shape index (κ3) is 5.38. The first-order valence-corrected chi connectivity index (χ1v) is 11.3. The Labute approximate surface area is 173 Å². The van der Waals surface area contributed by atoms with E-state index in [9.17, 15) is 13.5 Å². The Balaban J connectivity index is 1.64. The maximum absolute atomic E-state index is 12.7. The van der Waals surface area contributed by atoms with E-state index >= 15 is 0 Å². The predicted octanol–water partition coefficient (Wildman–Crippen LogP) is 2.78. The van der Waals surface area contributed by atoms with Crippen molar-refractivity contribution in [2.75, 3.05) is 33.3 Å². The zero-order valence-electron chi connectivity index (χ0n) is 16.8. The zero-order chi connectivity index (χ0) is 20.9. The molecule has 1 saturated heterocycles. The molecule has 0 saturated carbocycles. The van der Waals surface area contributed by atoms with E-state index in [1.807, 2.05) is 42.5 Å². The van der Waals surface area contributed by atoms with Crippen LogP contribution in [0, 0.1) is 0 Å². The molecule has 0 atom stereocenters. The zero-order valence-corrected chi connectivity index (χ0v) is 17.6. The number of rotatable bonds is 8.